The molecule has 3 nitrogen and oxygen atoms in total. The van der Waals surface area contributed by atoms with Gasteiger partial charge in [0.25, 0.3) is 5.91 Å². The largest absolute Gasteiger partial charge is 0.351 e. The molecule has 0 radical (unpaired) electrons. The van der Waals surface area contributed by atoms with E-state index in [4.69, 9.17) is 0 Å². The van der Waals surface area contributed by atoms with E-state index in [0.717, 1.165) is 17.5 Å². The molecule has 1 aliphatic carbocycles. The Bertz CT molecular complexity index is 387. The second-order valence-corrected chi connectivity index (χ2v) is 5.03. The number of rotatable bonds is 5. The first kappa shape index (κ1) is 12.5. The number of thiol groups is 1. The van der Waals surface area contributed by atoms with Gasteiger partial charge in [-0.3, -0.25) is 4.79 Å². The minimum absolute atomic E-state index is 0.0115. The molecule has 1 aliphatic rings. The molecule has 4 heteroatoms. The summed E-state index contributed by atoms with van der Waals surface area (Å²) >= 11 is 4.19. The molecule has 92 valence electrons. The second kappa shape index (κ2) is 5.56. The number of amides is 1. The zero-order valence-electron chi connectivity index (χ0n) is 10.0. The van der Waals surface area contributed by atoms with Gasteiger partial charge < -0.3 is 10.2 Å². The molecule has 2 rings (SSSR count). The molecule has 1 fully saturated rings. The predicted molar refractivity (Wildman–Crippen MR) is 71.7 cm³/mol. The molecule has 1 aromatic rings. The number of carbonyl (C=O) groups is 1. The molecule has 0 aliphatic heterocycles. The third kappa shape index (κ3) is 3.75. The highest BCUT2D eigenvalue weighted by molar-refractivity contribution is 7.80. The average Bonchev–Trinajstić information content (AvgIpc) is 3.13. The summed E-state index contributed by atoms with van der Waals surface area (Å²) in [6.07, 6.45) is 2.60. The molecule has 0 heterocycles. The van der Waals surface area contributed by atoms with Gasteiger partial charge in [0, 0.05) is 29.6 Å². The second-order valence-electron chi connectivity index (χ2n) is 4.51. The summed E-state index contributed by atoms with van der Waals surface area (Å²) in [6.45, 7) is 1.62. The molecule has 0 saturated heterocycles. The Kier molecular flexibility index (Phi) is 4.07. The van der Waals surface area contributed by atoms with Crippen LogP contribution in [0.4, 0.5) is 0 Å². The topological polar surface area (TPSA) is 32.3 Å². The number of benzene rings is 1. The van der Waals surface area contributed by atoms with Crippen LogP contribution in [0.15, 0.2) is 29.2 Å². The Morgan fingerprint density at radius 1 is 1.41 bits per heavy atom. The number of nitrogens with one attached hydrogen (secondary N) is 1. The molecule has 1 saturated carbocycles. The quantitative estimate of drug-likeness (QED) is 0.781. The van der Waals surface area contributed by atoms with Crippen LogP contribution in [-0.2, 0) is 0 Å². The van der Waals surface area contributed by atoms with Gasteiger partial charge in [0.15, 0.2) is 0 Å². The van der Waals surface area contributed by atoms with E-state index in [1.165, 1.54) is 12.8 Å². The standard InChI is InChI=1S/C13H18N2OS/c1-15(11-4-5-11)9-8-14-13(16)10-2-6-12(17)7-3-10/h2-3,6-7,11,17H,4-5,8-9H2,1H3,(H,14,16). The Hall–Kier alpha value is -1.00. The molecule has 17 heavy (non-hydrogen) atoms. The molecular weight excluding hydrogens is 232 g/mol. The SMILES string of the molecule is CN(CCNC(=O)c1ccc(S)cc1)C1CC1. The maximum Gasteiger partial charge on any atom is 0.251 e. The predicted octanol–water partition coefficient (Wildman–Crippen LogP) is 1.80. The first-order valence-electron chi connectivity index (χ1n) is 5.94. The van der Waals surface area contributed by atoms with Crippen LogP contribution in [0, 0.1) is 0 Å². The van der Waals surface area contributed by atoms with Gasteiger partial charge in [0.05, 0.1) is 0 Å². The van der Waals surface area contributed by atoms with Crippen molar-refractivity contribution in [2.45, 2.75) is 23.8 Å². The van der Waals surface area contributed by atoms with Gasteiger partial charge in [0.2, 0.25) is 0 Å². The first-order valence-corrected chi connectivity index (χ1v) is 6.39. The average molecular weight is 250 g/mol. The summed E-state index contributed by atoms with van der Waals surface area (Å²) in [6, 6.07) is 7.99. The first-order chi connectivity index (χ1) is 8.16. The Labute approximate surface area is 108 Å². The fourth-order valence-corrected chi connectivity index (χ4v) is 1.91. The molecule has 1 N–H and O–H groups in total. The van der Waals surface area contributed by atoms with Crippen molar-refractivity contribution in [1.82, 2.24) is 10.2 Å². The van der Waals surface area contributed by atoms with E-state index in [9.17, 15) is 4.79 Å². The fraction of sp³-hybridized carbons (Fsp3) is 0.462. The van der Waals surface area contributed by atoms with Crippen molar-refractivity contribution in [1.29, 1.82) is 0 Å². The Morgan fingerprint density at radius 3 is 2.65 bits per heavy atom. The third-order valence-electron chi connectivity index (χ3n) is 3.05. The fourth-order valence-electron chi connectivity index (χ4n) is 1.76. The van der Waals surface area contributed by atoms with Crippen LogP contribution in [0.2, 0.25) is 0 Å². The van der Waals surface area contributed by atoms with Crippen LogP contribution in [0.5, 0.6) is 0 Å². The number of likely N-dealkylation sites (N-methyl/N-ethyl adjacent to an activating group) is 1. The van der Waals surface area contributed by atoms with E-state index in [1.807, 2.05) is 12.1 Å². The third-order valence-corrected chi connectivity index (χ3v) is 3.35. The molecule has 0 bridgehead atoms. The molecule has 1 aromatic carbocycles. The van der Waals surface area contributed by atoms with Crippen molar-refractivity contribution in [3.05, 3.63) is 29.8 Å². The van der Waals surface area contributed by atoms with Gasteiger partial charge in [-0.25, -0.2) is 0 Å². The van der Waals surface area contributed by atoms with Crippen LogP contribution in [0.3, 0.4) is 0 Å². The maximum absolute atomic E-state index is 11.8. The summed E-state index contributed by atoms with van der Waals surface area (Å²) in [4.78, 5) is 14.9. The van der Waals surface area contributed by atoms with E-state index in [0.29, 0.717) is 12.1 Å². The van der Waals surface area contributed by atoms with Gasteiger partial charge >= 0.3 is 0 Å². The molecule has 0 spiro atoms. The summed E-state index contributed by atoms with van der Waals surface area (Å²) in [7, 11) is 2.11. The summed E-state index contributed by atoms with van der Waals surface area (Å²) in [5.74, 6) is -0.0115. The highest BCUT2D eigenvalue weighted by atomic mass is 32.1. The zero-order chi connectivity index (χ0) is 12.3. The lowest BCUT2D eigenvalue weighted by molar-refractivity contribution is 0.0949. The zero-order valence-corrected chi connectivity index (χ0v) is 10.9. The van der Waals surface area contributed by atoms with Gasteiger partial charge in [0.1, 0.15) is 0 Å². The summed E-state index contributed by atoms with van der Waals surface area (Å²) < 4.78 is 0. The van der Waals surface area contributed by atoms with E-state index >= 15 is 0 Å². The van der Waals surface area contributed by atoms with E-state index < -0.39 is 0 Å². The lowest BCUT2D eigenvalue weighted by atomic mass is 10.2. The highest BCUT2D eigenvalue weighted by Gasteiger charge is 2.25. The maximum atomic E-state index is 11.8. The van der Waals surface area contributed by atoms with Crippen LogP contribution in [-0.4, -0.2) is 37.0 Å². The van der Waals surface area contributed by atoms with Gasteiger partial charge in [-0.05, 0) is 44.2 Å². The van der Waals surface area contributed by atoms with Gasteiger partial charge in [-0.15, -0.1) is 12.6 Å². The van der Waals surface area contributed by atoms with Crippen LogP contribution < -0.4 is 5.32 Å². The molecule has 0 aromatic heterocycles. The molecule has 1 amide bonds. The van der Waals surface area contributed by atoms with E-state index in [2.05, 4.69) is 29.9 Å². The summed E-state index contributed by atoms with van der Waals surface area (Å²) in [5.41, 5.74) is 0.692. The van der Waals surface area contributed by atoms with Gasteiger partial charge in [-0.2, -0.15) is 0 Å². The normalized spacial score (nSPS) is 15.0. The number of nitrogens with zero attached hydrogens (tertiary/aromatic N) is 1. The van der Waals surface area contributed by atoms with Crippen LogP contribution >= 0.6 is 12.6 Å². The van der Waals surface area contributed by atoms with Crippen molar-refractivity contribution < 1.29 is 4.79 Å². The summed E-state index contributed by atoms with van der Waals surface area (Å²) in [5, 5.41) is 2.93. The van der Waals surface area contributed by atoms with Crippen LogP contribution in [0.25, 0.3) is 0 Å². The Balaban J connectivity index is 1.74. The van der Waals surface area contributed by atoms with Crippen molar-refractivity contribution in [2.24, 2.45) is 0 Å². The van der Waals surface area contributed by atoms with E-state index in [-0.39, 0.29) is 5.91 Å². The van der Waals surface area contributed by atoms with Crippen molar-refractivity contribution >= 4 is 18.5 Å². The van der Waals surface area contributed by atoms with Crippen molar-refractivity contribution in [3.63, 3.8) is 0 Å². The van der Waals surface area contributed by atoms with Crippen LogP contribution in [0.1, 0.15) is 23.2 Å². The van der Waals surface area contributed by atoms with Crippen molar-refractivity contribution in [2.75, 3.05) is 20.1 Å². The highest BCUT2D eigenvalue weighted by Crippen LogP contribution is 2.24. The number of carbonyl (C=O) groups excluding carboxylic acids is 1. The van der Waals surface area contributed by atoms with Gasteiger partial charge in [-0.1, -0.05) is 0 Å². The monoisotopic (exact) mass is 250 g/mol. The Morgan fingerprint density at radius 2 is 2.06 bits per heavy atom. The molecular formula is C13H18N2OS. The van der Waals surface area contributed by atoms with Crippen molar-refractivity contribution in [3.8, 4) is 0 Å². The number of hydrogen-bond acceptors (Lipinski definition) is 3. The number of hydrogen-bond donors (Lipinski definition) is 2. The van der Waals surface area contributed by atoms with E-state index in [1.54, 1.807) is 12.1 Å². The molecule has 0 unspecified atom stereocenters. The molecule has 0 atom stereocenters. The lowest BCUT2D eigenvalue weighted by Crippen LogP contribution is -2.33. The lowest BCUT2D eigenvalue weighted by Gasteiger charge is -2.15. The minimum atomic E-state index is -0.0115. The minimum Gasteiger partial charge on any atom is -0.351 e. The smallest absolute Gasteiger partial charge is 0.251 e.